The van der Waals surface area contributed by atoms with Crippen molar-refractivity contribution in [1.29, 1.82) is 0 Å². The third kappa shape index (κ3) is 1.99. The molecule has 0 unspecified atom stereocenters. The quantitative estimate of drug-likeness (QED) is 0.191. The molecule has 1 heteroatoms. The second kappa shape index (κ2) is 5.36. The van der Waals surface area contributed by atoms with E-state index in [0.29, 0.717) is 0 Å². The first-order valence-corrected chi connectivity index (χ1v) is 10.0. The van der Waals surface area contributed by atoms with Crippen LogP contribution in [0.5, 0.6) is 0 Å². The van der Waals surface area contributed by atoms with Gasteiger partial charge in [-0.25, -0.2) is 0 Å². The maximum atomic E-state index is 2.44. The van der Waals surface area contributed by atoms with Gasteiger partial charge in [-0.2, -0.15) is 0 Å². The lowest BCUT2D eigenvalue weighted by molar-refractivity contribution is 1.35. The first-order valence-electron chi connectivity index (χ1n) is 10.0. The molecule has 0 spiro atoms. The Labute approximate surface area is 167 Å². The van der Waals surface area contributed by atoms with Crippen LogP contribution in [0, 0.1) is 0 Å². The van der Waals surface area contributed by atoms with Crippen molar-refractivity contribution >= 4 is 59.6 Å². The van der Waals surface area contributed by atoms with Gasteiger partial charge in [0.25, 0.3) is 0 Å². The van der Waals surface area contributed by atoms with E-state index in [9.17, 15) is 0 Å². The summed E-state index contributed by atoms with van der Waals surface area (Å²) in [7, 11) is 0. The van der Waals surface area contributed by atoms with Crippen molar-refractivity contribution in [2.24, 2.45) is 0 Å². The zero-order valence-corrected chi connectivity index (χ0v) is 15.8. The minimum Gasteiger partial charge on any atom is -0.309 e. The number of nitrogens with zero attached hydrogens (tertiary/aromatic N) is 1. The zero-order chi connectivity index (χ0) is 18.9. The molecule has 0 N–H and O–H groups in total. The van der Waals surface area contributed by atoms with E-state index in [4.69, 9.17) is 0 Å². The molecule has 0 aliphatic heterocycles. The van der Waals surface area contributed by atoms with Gasteiger partial charge in [-0.05, 0) is 63.3 Å². The fourth-order valence-electron chi connectivity index (χ4n) is 4.92. The Morgan fingerprint density at radius 2 is 0.759 bits per heavy atom. The maximum Gasteiger partial charge on any atom is 0.0547 e. The van der Waals surface area contributed by atoms with Crippen LogP contribution in [-0.4, -0.2) is 4.40 Å². The molecule has 0 aliphatic rings. The van der Waals surface area contributed by atoms with E-state index in [0.717, 1.165) is 0 Å². The van der Waals surface area contributed by atoms with Gasteiger partial charge in [0.05, 0.1) is 16.6 Å². The van der Waals surface area contributed by atoms with E-state index in [1.807, 2.05) is 0 Å². The highest BCUT2D eigenvalue weighted by Gasteiger charge is 2.13. The summed E-state index contributed by atoms with van der Waals surface area (Å²) < 4.78 is 2.44. The Bertz CT molecular complexity index is 1750. The molecular weight excluding hydrogens is 350 g/mol. The Kier molecular flexibility index (Phi) is 2.80. The van der Waals surface area contributed by atoms with Crippen LogP contribution in [0.4, 0.5) is 0 Å². The van der Waals surface area contributed by atoms with Gasteiger partial charge in [-0.3, -0.25) is 0 Å². The van der Waals surface area contributed by atoms with E-state index in [1.165, 1.54) is 59.6 Å². The number of hydrogen-bond donors (Lipinski definition) is 0. The molecule has 134 valence electrons. The second-order valence-electron chi connectivity index (χ2n) is 7.89. The molecule has 0 atom stereocenters. The molecule has 0 fully saturated rings. The summed E-state index contributed by atoms with van der Waals surface area (Å²) in [4.78, 5) is 0. The molecule has 7 aromatic rings. The van der Waals surface area contributed by atoms with Crippen molar-refractivity contribution in [2.75, 3.05) is 0 Å². The van der Waals surface area contributed by atoms with Crippen LogP contribution in [0.2, 0.25) is 0 Å². The SMILES string of the molecule is c1ccc2cc3c(cc2c1)c1cc2ccccc2cc1n1c2ccccc2cc31. The molecule has 5 aromatic carbocycles. The number of rotatable bonds is 0. The minimum atomic E-state index is 1.26. The van der Waals surface area contributed by atoms with Crippen LogP contribution in [0.15, 0.2) is 103 Å². The summed E-state index contributed by atoms with van der Waals surface area (Å²) in [6.45, 7) is 0. The van der Waals surface area contributed by atoms with E-state index >= 15 is 0 Å². The van der Waals surface area contributed by atoms with Crippen molar-refractivity contribution in [1.82, 2.24) is 4.40 Å². The normalized spacial score (nSPS) is 12.1. The van der Waals surface area contributed by atoms with Gasteiger partial charge in [0.2, 0.25) is 0 Å². The fourth-order valence-corrected chi connectivity index (χ4v) is 4.92. The first kappa shape index (κ1) is 15.1. The monoisotopic (exact) mass is 367 g/mol. The molecule has 1 nitrogen and oxygen atoms in total. The zero-order valence-electron chi connectivity index (χ0n) is 15.8. The van der Waals surface area contributed by atoms with E-state index in [2.05, 4.69) is 108 Å². The van der Waals surface area contributed by atoms with Crippen molar-refractivity contribution < 1.29 is 0 Å². The highest BCUT2D eigenvalue weighted by Crippen LogP contribution is 2.37. The number of hydrogen-bond acceptors (Lipinski definition) is 0. The predicted molar refractivity (Wildman–Crippen MR) is 125 cm³/mol. The average Bonchev–Trinajstić information content (AvgIpc) is 3.17. The van der Waals surface area contributed by atoms with Crippen molar-refractivity contribution in [3.05, 3.63) is 103 Å². The van der Waals surface area contributed by atoms with Crippen LogP contribution in [0.1, 0.15) is 0 Å². The first-order chi connectivity index (χ1) is 14.4. The largest absolute Gasteiger partial charge is 0.309 e. The number of fused-ring (bicyclic) bond motifs is 10. The highest BCUT2D eigenvalue weighted by molar-refractivity contribution is 6.20. The lowest BCUT2D eigenvalue weighted by Crippen LogP contribution is -1.91. The van der Waals surface area contributed by atoms with Crippen LogP contribution in [0.3, 0.4) is 0 Å². The second-order valence-corrected chi connectivity index (χ2v) is 7.89. The standard InChI is InChI=1S/C28H17N/c1-2-8-19-14-25-23(13-18(19)7-1)24-15-20-9-3-4-10-21(20)16-27(24)29-26-12-6-5-11-22(26)17-28(25)29/h1-17H. The molecule has 7 rings (SSSR count). The maximum absolute atomic E-state index is 2.44. The summed E-state index contributed by atoms with van der Waals surface area (Å²) in [5.41, 5.74) is 3.80. The third-order valence-corrected chi connectivity index (χ3v) is 6.27. The smallest absolute Gasteiger partial charge is 0.0547 e. The lowest BCUT2D eigenvalue weighted by Gasteiger charge is -2.13. The van der Waals surface area contributed by atoms with Gasteiger partial charge < -0.3 is 4.40 Å². The molecule has 29 heavy (non-hydrogen) atoms. The number of pyridine rings is 1. The van der Waals surface area contributed by atoms with Crippen LogP contribution < -0.4 is 0 Å². The molecule has 0 aliphatic carbocycles. The van der Waals surface area contributed by atoms with E-state index in [1.54, 1.807) is 0 Å². The van der Waals surface area contributed by atoms with Gasteiger partial charge in [-0.15, -0.1) is 0 Å². The Hall–Kier alpha value is -3.84. The van der Waals surface area contributed by atoms with E-state index < -0.39 is 0 Å². The number of para-hydroxylation sites is 1. The third-order valence-electron chi connectivity index (χ3n) is 6.27. The van der Waals surface area contributed by atoms with Gasteiger partial charge in [0.1, 0.15) is 0 Å². The molecule has 0 amide bonds. The topological polar surface area (TPSA) is 4.41 Å². The van der Waals surface area contributed by atoms with Gasteiger partial charge >= 0.3 is 0 Å². The Balaban J connectivity index is 1.86. The summed E-state index contributed by atoms with van der Waals surface area (Å²) in [6.07, 6.45) is 0. The van der Waals surface area contributed by atoms with Crippen LogP contribution >= 0.6 is 0 Å². The molecule has 0 bridgehead atoms. The molecule has 2 heterocycles. The lowest BCUT2D eigenvalue weighted by atomic mass is 9.98. The molecule has 0 radical (unpaired) electrons. The van der Waals surface area contributed by atoms with Crippen LogP contribution in [0.25, 0.3) is 59.6 Å². The van der Waals surface area contributed by atoms with Crippen molar-refractivity contribution in [3.8, 4) is 0 Å². The predicted octanol–water partition coefficient (Wildman–Crippen LogP) is 7.71. The molecular formula is C28H17N. The van der Waals surface area contributed by atoms with Crippen molar-refractivity contribution in [2.45, 2.75) is 0 Å². The molecule has 2 aromatic heterocycles. The average molecular weight is 367 g/mol. The summed E-state index contributed by atoms with van der Waals surface area (Å²) in [6, 6.07) is 37.8. The summed E-state index contributed by atoms with van der Waals surface area (Å²) in [5.74, 6) is 0. The number of benzene rings is 5. The van der Waals surface area contributed by atoms with Gasteiger partial charge in [0, 0.05) is 16.2 Å². The Morgan fingerprint density at radius 3 is 1.34 bits per heavy atom. The number of aromatic nitrogens is 1. The van der Waals surface area contributed by atoms with Crippen molar-refractivity contribution in [3.63, 3.8) is 0 Å². The molecule has 0 saturated heterocycles. The van der Waals surface area contributed by atoms with Gasteiger partial charge in [0.15, 0.2) is 0 Å². The van der Waals surface area contributed by atoms with E-state index in [-0.39, 0.29) is 0 Å². The minimum absolute atomic E-state index is 1.26. The Morgan fingerprint density at radius 1 is 0.345 bits per heavy atom. The molecule has 0 saturated carbocycles. The van der Waals surface area contributed by atoms with Gasteiger partial charge in [-0.1, -0.05) is 66.7 Å². The summed E-state index contributed by atoms with van der Waals surface area (Å²) in [5, 5.41) is 10.3. The fraction of sp³-hybridized carbons (Fsp3) is 0. The summed E-state index contributed by atoms with van der Waals surface area (Å²) >= 11 is 0. The van der Waals surface area contributed by atoms with Crippen LogP contribution in [-0.2, 0) is 0 Å². The highest BCUT2D eigenvalue weighted by atomic mass is 14.9.